The quantitative estimate of drug-likeness (QED) is 0.607. The zero-order valence-electron chi connectivity index (χ0n) is 13.0. The van der Waals surface area contributed by atoms with E-state index in [0.717, 1.165) is 16.5 Å². The Hall–Kier alpha value is -2.07. The van der Waals surface area contributed by atoms with Crippen LogP contribution in [0.15, 0.2) is 59.8 Å². The highest BCUT2D eigenvalue weighted by Crippen LogP contribution is 2.24. The van der Waals surface area contributed by atoms with E-state index in [1.807, 2.05) is 56.3 Å². The summed E-state index contributed by atoms with van der Waals surface area (Å²) in [4.78, 5) is 18.6. The van der Waals surface area contributed by atoms with Crippen molar-refractivity contribution in [3.63, 3.8) is 0 Å². The Morgan fingerprint density at radius 1 is 1.32 bits per heavy atom. The van der Waals surface area contributed by atoms with E-state index >= 15 is 0 Å². The first-order valence-corrected chi connectivity index (χ1v) is 8.18. The van der Waals surface area contributed by atoms with E-state index in [9.17, 15) is 4.79 Å². The molecule has 4 heteroatoms. The number of aryl methyl sites for hydroxylation is 1. The smallest absolute Gasteiger partial charge is 0.278 e. The Kier molecular flexibility index (Phi) is 5.78. The van der Waals surface area contributed by atoms with Gasteiger partial charge in [-0.2, -0.15) is 0 Å². The van der Waals surface area contributed by atoms with Crippen LogP contribution >= 0.6 is 11.8 Å². The van der Waals surface area contributed by atoms with Crippen molar-refractivity contribution in [3.8, 4) is 0 Å². The van der Waals surface area contributed by atoms with Gasteiger partial charge in [0.2, 0.25) is 0 Å². The Labute approximate surface area is 136 Å². The summed E-state index contributed by atoms with van der Waals surface area (Å²) in [5, 5.41) is 0.737. The first kappa shape index (κ1) is 16.3. The molecule has 1 aromatic carbocycles. The van der Waals surface area contributed by atoms with E-state index in [1.165, 1.54) is 5.56 Å². The molecule has 0 saturated heterocycles. The van der Waals surface area contributed by atoms with E-state index in [1.54, 1.807) is 22.7 Å². The van der Waals surface area contributed by atoms with Crippen LogP contribution in [-0.4, -0.2) is 28.3 Å². The highest BCUT2D eigenvalue weighted by Gasteiger charge is 2.29. The molecule has 0 radical (unpaired) electrons. The third-order valence-corrected chi connectivity index (χ3v) is 4.08. The number of allylic oxidation sites excluding steroid dienone is 1. The average Bonchev–Trinajstić information content (AvgIpc) is 2.79. The van der Waals surface area contributed by atoms with Crippen LogP contribution in [0.3, 0.4) is 0 Å². The van der Waals surface area contributed by atoms with E-state index < -0.39 is 0 Å². The van der Waals surface area contributed by atoms with Crippen LogP contribution in [0.25, 0.3) is 6.08 Å². The molecule has 22 heavy (non-hydrogen) atoms. The van der Waals surface area contributed by atoms with Crippen molar-refractivity contribution >= 4 is 28.9 Å². The third kappa shape index (κ3) is 3.98. The molecule has 1 aromatic rings. The molecule has 0 saturated carbocycles. The molecule has 1 aliphatic rings. The van der Waals surface area contributed by atoms with Crippen molar-refractivity contribution in [3.05, 3.63) is 65.9 Å². The molecular weight excluding hydrogens is 292 g/mol. The zero-order chi connectivity index (χ0) is 15.9. The van der Waals surface area contributed by atoms with Gasteiger partial charge in [-0.05, 0) is 25.5 Å². The summed E-state index contributed by atoms with van der Waals surface area (Å²) in [7, 11) is 0. The predicted molar refractivity (Wildman–Crippen MR) is 95.8 cm³/mol. The number of aliphatic imine (C=N–C) groups is 1. The molecule has 1 heterocycles. The van der Waals surface area contributed by atoms with Crippen molar-refractivity contribution in [2.45, 2.75) is 13.8 Å². The minimum absolute atomic E-state index is 0.0662. The topological polar surface area (TPSA) is 32.7 Å². The lowest BCUT2D eigenvalue weighted by Crippen LogP contribution is -2.30. The highest BCUT2D eigenvalue weighted by atomic mass is 32.2. The standard InChI is InChI=1S/C18H20N2OS/c1-4-6-12-22-18-19-16(17(21)20(18)11-5-2)13-15-9-7-14(3)8-10-15/h4-10,13H,2,11-12H2,1,3H3/b6-4+,16-13-. The lowest BCUT2D eigenvalue weighted by molar-refractivity contribution is -0.122. The molecule has 0 fully saturated rings. The third-order valence-electron chi connectivity index (χ3n) is 3.15. The second kappa shape index (κ2) is 7.80. The van der Waals surface area contributed by atoms with Crippen molar-refractivity contribution in [2.24, 2.45) is 4.99 Å². The van der Waals surface area contributed by atoms with Gasteiger partial charge < -0.3 is 0 Å². The van der Waals surface area contributed by atoms with Gasteiger partial charge in [0.15, 0.2) is 5.17 Å². The first-order chi connectivity index (χ1) is 10.7. The van der Waals surface area contributed by atoms with Gasteiger partial charge in [0, 0.05) is 12.3 Å². The van der Waals surface area contributed by atoms with Gasteiger partial charge >= 0.3 is 0 Å². The first-order valence-electron chi connectivity index (χ1n) is 7.19. The summed E-state index contributed by atoms with van der Waals surface area (Å²) in [6.45, 7) is 8.21. The highest BCUT2D eigenvalue weighted by molar-refractivity contribution is 8.14. The second-order valence-electron chi connectivity index (χ2n) is 4.92. The van der Waals surface area contributed by atoms with E-state index in [2.05, 4.69) is 11.6 Å². The molecule has 0 spiro atoms. The number of nitrogens with zero attached hydrogens (tertiary/aromatic N) is 2. The molecule has 0 aliphatic carbocycles. The minimum atomic E-state index is -0.0662. The molecule has 0 N–H and O–H groups in total. The summed E-state index contributed by atoms with van der Waals surface area (Å²) in [5.74, 6) is 0.733. The van der Waals surface area contributed by atoms with Crippen LogP contribution in [0.1, 0.15) is 18.1 Å². The SMILES string of the molecule is C=CCN1C(=O)/C(=C/c2ccc(C)cc2)N=C1SC/C=C/C. The van der Waals surface area contributed by atoms with Crippen LogP contribution in [-0.2, 0) is 4.79 Å². The fraction of sp³-hybridized carbons (Fsp3) is 0.222. The van der Waals surface area contributed by atoms with Gasteiger partial charge in [0.25, 0.3) is 5.91 Å². The summed E-state index contributed by atoms with van der Waals surface area (Å²) < 4.78 is 0. The maximum atomic E-state index is 12.5. The summed E-state index contributed by atoms with van der Waals surface area (Å²) >= 11 is 1.56. The molecule has 1 amide bonds. The van der Waals surface area contributed by atoms with Crippen molar-refractivity contribution in [1.29, 1.82) is 0 Å². The maximum Gasteiger partial charge on any atom is 0.278 e. The maximum absolute atomic E-state index is 12.5. The number of hydrogen-bond acceptors (Lipinski definition) is 3. The van der Waals surface area contributed by atoms with Crippen LogP contribution in [0.2, 0.25) is 0 Å². The average molecular weight is 312 g/mol. The van der Waals surface area contributed by atoms with Gasteiger partial charge in [0.05, 0.1) is 0 Å². The van der Waals surface area contributed by atoms with Crippen LogP contribution < -0.4 is 0 Å². The predicted octanol–water partition coefficient (Wildman–Crippen LogP) is 4.03. The summed E-state index contributed by atoms with van der Waals surface area (Å²) in [6.07, 6.45) is 7.59. The lowest BCUT2D eigenvalue weighted by atomic mass is 10.1. The van der Waals surface area contributed by atoms with Gasteiger partial charge in [-0.25, -0.2) is 4.99 Å². The zero-order valence-corrected chi connectivity index (χ0v) is 13.8. The number of benzene rings is 1. The Morgan fingerprint density at radius 3 is 2.68 bits per heavy atom. The molecule has 0 bridgehead atoms. The van der Waals surface area contributed by atoms with Crippen molar-refractivity contribution in [2.75, 3.05) is 12.3 Å². The minimum Gasteiger partial charge on any atom is -0.282 e. The monoisotopic (exact) mass is 312 g/mol. The molecule has 3 nitrogen and oxygen atoms in total. The number of hydrogen-bond donors (Lipinski definition) is 0. The lowest BCUT2D eigenvalue weighted by Gasteiger charge is -2.14. The number of carbonyl (C=O) groups is 1. The summed E-state index contributed by atoms with van der Waals surface area (Å²) in [5.41, 5.74) is 2.66. The number of thioether (sulfide) groups is 1. The van der Waals surface area contributed by atoms with E-state index in [4.69, 9.17) is 0 Å². The second-order valence-corrected chi connectivity index (χ2v) is 5.91. The number of amides is 1. The largest absolute Gasteiger partial charge is 0.282 e. The van der Waals surface area contributed by atoms with Gasteiger partial charge in [-0.1, -0.05) is 59.8 Å². The van der Waals surface area contributed by atoms with E-state index in [-0.39, 0.29) is 5.91 Å². The number of amidine groups is 1. The molecule has 114 valence electrons. The molecule has 0 unspecified atom stereocenters. The molecule has 0 atom stereocenters. The summed E-state index contributed by atoms with van der Waals surface area (Å²) in [6, 6.07) is 8.04. The van der Waals surface area contributed by atoms with Gasteiger partial charge in [-0.3, -0.25) is 9.69 Å². The molecular formula is C18H20N2OS. The Morgan fingerprint density at radius 2 is 2.05 bits per heavy atom. The number of carbonyl (C=O) groups excluding carboxylic acids is 1. The van der Waals surface area contributed by atoms with Crippen molar-refractivity contribution < 1.29 is 4.79 Å². The van der Waals surface area contributed by atoms with Crippen LogP contribution in [0, 0.1) is 6.92 Å². The van der Waals surface area contributed by atoms with E-state index in [0.29, 0.717) is 12.2 Å². The fourth-order valence-electron chi connectivity index (χ4n) is 1.97. The van der Waals surface area contributed by atoms with Gasteiger partial charge in [0.1, 0.15) is 5.70 Å². The normalized spacial score (nSPS) is 16.6. The van der Waals surface area contributed by atoms with Gasteiger partial charge in [-0.15, -0.1) is 6.58 Å². The van der Waals surface area contributed by atoms with Crippen molar-refractivity contribution in [1.82, 2.24) is 4.90 Å². The fourth-order valence-corrected chi connectivity index (χ4v) is 2.88. The van der Waals surface area contributed by atoms with Crippen LogP contribution in [0.5, 0.6) is 0 Å². The Balaban J connectivity index is 2.24. The Bertz CT molecular complexity index is 642. The number of rotatable bonds is 5. The van der Waals surface area contributed by atoms with Crippen LogP contribution in [0.4, 0.5) is 0 Å². The molecule has 0 aromatic heterocycles. The molecule has 2 rings (SSSR count). The molecule has 1 aliphatic heterocycles.